The first-order valence-electron chi connectivity index (χ1n) is 5.06. The Morgan fingerprint density at radius 2 is 2.28 bits per heavy atom. The van der Waals surface area contributed by atoms with Gasteiger partial charge in [0.2, 0.25) is 10.0 Å². The van der Waals surface area contributed by atoms with Gasteiger partial charge >= 0.3 is 0 Å². The summed E-state index contributed by atoms with van der Waals surface area (Å²) >= 11 is 5.73. The molecule has 0 aliphatic rings. The second kappa shape index (κ2) is 5.52. The first kappa shape index (κ1) is 14.7. The quantitative estimate of drug-likeness (QED) is 0.894. The first-order chi connectivity index (χ1) is 8.28. The normalized spacial score (nSPS) is 13.3. The molecule has 0 amide bonds. The molecule has 1 atom stereocenters. The standard InChI is InChI=1S/C10H13ClN4O2S/c1-7(4-12)6-15(2)18(16,17)8-3-9(11)10(13)14-5-8/h3,5,7H,6H2,1-2H3,(H2,13,14). The smallest absolute Gasteiger partial charge is 0.244 e. The van der Waals surface area contributed by atoms with Crippen LogP contribution in [0.15, 0.2) is 17.2 Å². The van der Waals surface area contributed by atoms with Crippen molar-refractivity contribution < 1.29 is 8.42 Å². The van der Waals surface area contributed by atoms with Crippen molar-refractivity contribution in [3.63, 3.8) is 0 Å². The minimum atomic E-state index is -3.70. The number of nitrogens with two attached hydrogens (primary N) is 1. The van der Waals surface area contributed by atoms with Crippen LogP contribution in [-0.4, -0.2) is 31.3 Å². The van der Waals surface area contributed by atoms with Crippen molar-refractivity contribution in [3.05, 3.63) is 17.3 Å². The lowest BCUT2D eigenvalue weighted by Gasteiger charge is -2.18. The van der Waals surface area contributed by atoms with E-state index in [1.54, 1.807) is 6.92 Å². The Kier molecular flexibility index (Phi) is 4.51. The largest absolute Gasteiger partial charge is 0.382 e. The zero-order chi connectivity index (χ0) is 13.9. The van der Waals surface area contributed by atoms with E-state index in [9.17, 15) is 8.42 Å². The summed E-state index contributed by atoms with van der Waals surface area (Å²) in [7, 11) is -2.31. The summed E-state index contributed by atoms with van der Waals surface area (Å²) in [5.74, 6) is -0.328. The van der Waals surface area contributed by atoms with Gasteiger partial charge in [0.15, 0.2) is 0 Å². The molecule has 1 heterocycles. The van der Waals surface area contributed by atoms with Crippen LogP contribution in [0.4, 0.5) is 5.82 Å². The number of nitrogen functional groups attached to an aromatic ring is 1. The van der Waals surface area contributed by atoms with Gasteiger partial charge in [-0.1, -0.05) is 11.6 Å². The maximum Gasteiger partial charge on any atom is 0.244 e. The van der Waals surface area contributed by atoms with Gasteiger partial charge in [0.05, 0.1) is 17.0 Å². The zero-order valence-electron chi connectivity index (χ0n) is 9.96. The molecule has 0 bridgehead atoms. The molecule has 0 saturated heterocycles. The highest BCUT2D eigenvalue weighted by Crippen LogP contribution is 2.22. The van der Waals surface area contributed by atoms with Gasteiger partial charge in [-0.2, -0.15) is 9.57 Å². The van der Waals surface area contributed by atoms with Gasteiger partial charge in [0.25, 0.3) is 0 Å². The number of sulfonamides is 1. The molecular weight excluding hydrogens is 276 g/mol. The SMILES string of the molecule is CC(C#N)CN(C)S(=O)(=O)c1cnc(N)c(Cl)c1. The molecule has 0 aliphatic carbocycles. The number of nitriles is 1. The monoisotopic (exact) mass is 288 g/mol. The number of anilines is 1. The molecule has 6 nitrogen and oxygen atoms in total. The number of hydrogen-bond donors (Lipinski definition) is 1. The van der Waals surface area contributed by atoms with E-state index < -0.39 is 15.9 Å². The fourth-order valence-electron chi connectivity index (χ4n) is 1.28. The Morgan fingerprint density at radius 1 is 1.67 bits per heavy atom. The van der Waals surface area contributed by atoms with E-state index in [2.05, 4.69) is 4.98 Å². The van der Waals surface area contributed by atoms with Crippen LogP contribution in [-0.2, 0) is 10.0 Å². The van der Waals surface area contributed by atoms with Crippen LogP contribution < -0.4 is 5.73 Å². The lowest BCUT2D eigenvalue weighted by atomic mass is 10.2. The highest BCUT2D eigenvalue weighted by molar-refractivity contribution is 7.89. The Balaban J connectivity index is 3.06. The third-order valence-corrected chi connectivity index (χ3v) is 4.40. The lowest BCUT2D eigenvalue weighted by Crippen LogP contribution is -2.30. The van der Waals surface area contributed by atoms with Crippen molar-refractivity contribution in [3.8, 4) is 6.07 Å². The molecule has 8 heteroatoms. The topological polar surface area (TPSA) is 100 Å². The van der Waals surface area contributed by atoms with Gasteiger partial charge in [-0.15, -0.1) is 0 Å². The van der Waals surface area contributed by atoms with Crippen LogP contribution in [0, 0.1) is 17.2 Å². The lowest BCUT2D eigenvalue weighted by molar-refractivity contribution is 0.439. The summed E-state index contributed by atoms with van der Waals surface area (Å²) in [5.41, 5.74) is 5.42. The average molecular weight is 289 g/mol. The van der Waals surface area contributed by atoms with Gasteiger partial charge in [-0.05, 0) is 13.0 Å². The maximum atomic E-state index is 12.1. The maximum absolute atomic E-state index is 12.1. The summed E-state index contributed by atoms with van der Waals surface area (Å²) in [6, 6.07) is 3.21. The predicted octanol–water partition coefficient (Wildman–Crippen LogP) is 1.10. The number of hydrogen-bond acceptors (Lipinski definition) is 5. The third-order valence-electron chi connectivity index (χ3n) is 2.30. The fraction of sp³-hybridized carbons (Fsp3) is 0.400. The van der Waals surface area contributed by atoms with Crippen LogP contribution in [0.2, 0.25) is 5.02 Å². The van der Waals surface area contributed by atoms with Gasteiger partial charge < -0.3 is 5.73 Å². The number of aromatic nitrogens is 1. The number of nitrogens with zero attached hydrogens (tertiary/aromatic N) is 3. The Hall–Kier alpha value is -1.36. The molecule has 0 aromatic carbocycles. The second-order valence-corrected chi connectivity index (χ2v) is 6.31. The second-order valence-electron chi connectivity index (χ2n) is 3.85. The van der Waals surface area contributed by atoms with Crippen LogP contribution in [0.5, 0.6) is 0 Å². The summed E-state index contributed by atoms with van der Waals surface area (Å²) in [6.45, 7) is 1.74. The number of pyridine rings is 1. The van der Waals surface area contributed by atoms with Crippen molar-refractivity contribution in [1.82, 2.24) is 9.29 Å². The van der Waals surface area contributed by atoms with Crippen LogP contribution in [0.25, 0.3) is 0 Å². The van der Waals surface area contributed by atoms with Gasteiger partial charge in [0, 0.05) is 19.8 Å². The number of rotatable bonds is 4. The van der Waals surface area contributed by atoms with E-state index in [-0.39, 0.29) is 22.3 Å². The molecular formula is C10H13ClN4O2S. The predicted molar refractivity (Wildman–Crippen MR) is 68.3 cm³/mol. The molecule has 0 saturated carbocycles. The summed E-state index contributed by atoms with van der Waals surface area (Å²) < 4.78 is 25.3. The Labute approximate surface area is 111 Å². The molecule has 1 aromatic heterocycles. The number of halogens is 1. The van der Waals surface area contributed by atoms with Gasteiger partial charge in [-0.3, -0.25) is 0 Å². The Bertz CT molecular complexity index is 582. The van der Waals surface area contributed by atoms with Crippen molar-refractivity contribution in [2.45, 2.75) is 11.8 Å². The molecule has 1 rings (SSSR count). The van der Waals surface area contributed by atoms with Crippen LogP contribution >= 0.6 is 11.6 Å². The van der Waals surface area contributed by atoms with E-state index in [4.69, 9.17) is 22.6 Å². The van der Waals surface area contributed by atoms with Gasteiger partial charge in [-0.25, -0.2) is 13.4 Å². The molecule has 98 valence electrons. The van der Waals surface area contributed by atoms with Crippen LogP contribution in [0.3, 0.4) is 0 Å². The minimum absolute atomic E-state index is 0.0469. The fourth-order valence-corrected chi connectivity index (χ4v) is 2.74. The molecule has 0 spiro atoms. The van der Waals surface area contributed by atoms with Gasteiger partial charge in [0.1, 0.15) is 10.7 Å². The molecule has 0 aliphatic heterocycles. The van der Waals surface area contributed by atoms with Crippen molar-refractivity contribution >= 4 is 27.4 Å². The molecule has 1 unspecified atom stereocenters. The van der Waals surface area contributed by atoms with E-state index in [0.29, 0.717) is 0 Å². The summed E-state index contributed by atoms with van der Waals surface area (Å²) in [5, 5.41) is 8.76. The molecule has 0 fully saturated rings. The Morgan fingerprint density at radius 3 is 2.78 bits per heavy atom. The van der Waals surface area contributed by atoms with Crippen molar-refractivity contribution in [2.75, 3.05) is 19.3 Å². The molecule has 0 radical (unpaired) electrons. The van der Waals surface area contributed by atoms with E-state index >= 15 is 0 Å². The minimum Gasteiger partial charge on any atom is -0.382 e. The van der Waals surface area contributed by atoms with E-state index in [1.165, 1.54) is 13.1 Å². The van der Waals surface area contributed by atoms with Crippen LogP contribution in [0.1, 0.15) is 6.92 Å². The molecule has 1 aromatic rings. The summed E-state index contributed by atoms with van der Waals surface area (Å²) in [4.78, 5) is 3.65. The first-order valence-corrected chi connectivity index (χ1v) is 6.87. The highest BCUT2D eigenvalue weighted by Gasteiger charge is 2.23. The molecule has 18 heavy (non-hydrogen) atoms. The highest BCUT2D eigenvalue weighted by atomic mass is 35.5. The van der Waals surface area contributed by atoms with Crippen molar-refractivity contribution in [1.29, 1.82) is 5.26 Å². The van der Waals surface area contributed by atoms with E-state index in [0.717, 1.165) is 10.5 Å². The van der Waals surface area contributed by atoms with Crippen molar-refractivity contribution in [2.24, 2.45) is 5.92 Å². The summed E-state index contributed by atoms with van der Waals surface area (Å²) in [6.07, 6.45) is 1.14. The third kappa shape index (κ3) is 3.10. The zero-order valence-corrected chi connectivity index (χ0v) is 11.5. The van der Waals surface area contributed by atoms with E-state index in [1.807, 2.05) is 6.07 Å². The molecule has 2 N–H and O–H groups in total. The average Bonchev–Trinajstić information content (AvgIpc) is 2.32.